The van der Waals surface area contributed by atoms with Gasteiger partial charge in [-0.3, -0.25) is 14.7 Å². The average Bonchev–Trinajstić information content (AvgIpc) is 2.55. The maximum Gasteiger partial charge on any atom is 0.231 e. The summed E-state index contributed by atoms with van der Waals surface area (Å²) in [6, 6.07) is 4.90. The molecule has 0 amide bonds. The number of sulfonamides is 1. The summed E-state index contributed by atoms with van der Waals surface area (Å²) in [5, 5.41) is 0. The lowest BCUT2D eigenvalue weighted by atomic mass is 10.1. The molecule has 0 aliphatic carbocycles. The first-order valence-electron chi connectivity index (χ1n) is 6.79. The highest BCUT2D eigenvalue weighted by Gasteiger charge is 2.16. The van der Waals surface area contributed by atoms with Gasteiger partial charge >= 0.3 is 0 Å². The number of pyridine rings is 2. The third-order valence-corrected chi connectivity index (χ3v) is 3.60. The fraction of sp³-hybridized carbons (Fsp3) is 0.0667. The zero-order chi connectivity index (χ0) is 17.2. The minimum Gasteiger partial charge on any atom is -0.266 e. The van der Waals surface area contributed by atoms with Gasteiger partial charge in [-0.25, -0.2) is 22.8 Å². The fourth-order valence-corrected chi connectivity index (χ4v) is 2.57. The van der Waals surface area contributed by atoms with Gasteiger partial charge in [0.15, 0.2) is 11.6 Å². The van der Waals surface area contributed by atoms with Crippen molar-refractivity contribution in [1.82, 2.24) is 19.9 Å². The van der Waals surface area contributed by atoms with E-state index in [2.05, 4.69) is 24.7 Å². The second kappa shape index (κ2) is 6.28. The molecule has 0 spiro atoms. The summed E-state index contributed by atoms with van der Waals surface area (Å²) >= 11 is 0. The van der Waals surface area contributed by atoms with Crippen LogP contribution in [0.3, 0.4) is 0 Å². The largest absolute Gasteiger partial charge is 0.266 e. The van der Waals surface area contributed by atoms with Crippen LogP contribution in [0.2, 0.25) is 0 Å². The predicted molar refractivity (Wildman–Crippen MR) is 86.9 cm³/mol. The number of aromatic nitrogens is 4. The first kappa shape index (κ1) is 15.9. The van der Waals surface area contributed by atoms with Crippen molar-refractivity contribution < 1.29 is 12.8 Å². The fourth-order valence-electron chi connectivity index (χ4n) is 2.10. The lowest BCUT2D eigenvalue weighted by Crippen LogP contribution is -2.12. The molecule has 0 bridgehead atoms. The van der Waals surface area contributed by atoms with Gasteiger partial charge in [0, 0.05) is 29.7 Å². The molecule has 24 heavy (non-hydrogen) atoms. The second-order valence-corrected chi connectivity index (χ2v) is 6.67. The molecule has 3 heterocycles. The molecule has 7 nitrogen and oxygen atoms in total. The minimum atomic E-state index is -3.51. The Labute approximate surface area is 137 Å². The third-order valence-electron chi connectivity index (χ3n) is 3.03. The summed E-state index contributed by atoms with van der Waals surface area (Å²) in [7, 11) is -3.51. The van der Waals surface area contributed by atoms with E-state index in [9.17, 15) is 12.8 Å². The summed E-state index contributed by atoms with van der Waals surface area (Å²) in [5.41, 5.74) is 1.36. The van der Waals surface area contributed by atoms with Gasteiger partial charge in [0.1, 0.15) is 5.69 Å². The number of anilines is 1. The van der Waals surface area contributed by atoms with Crippen molar-refractivity contribution in [2.45, 2.75) is 0 Å². The van der Waals surface area contributed by atoms with Gasteiger partial charge in [-0.1, -0.05) is 0 Å². The Kier molecular flexibility index (Phi) is 4.17. The van der Waals surface area contributed by atoms with Crippen LogP contribution in [0.1, 0.15) is 0 Å². The monoisotopic (exact) mass is 345 g/mol. The van der Waals surface area contributed by atoms with Gasteiger partial charge in [-0.05, 0) is 18.2 Å². The summed E-state index contributed by atoms with van der Waals surface area (Å²) in [6.45, 7) is 0. The summed E-state index contributed by atoms with van der Waals surface area (Å²) in [4.78, 5) is 16.2. The van der Waals surface area contributed by atoms with Crippen molar-refractivity contribution in [2.24, 2.45) is 0 Å². The second-order valence-electron chi connectivity index (χ2n) is 4.92. The van der Waals surface area contributed by atoms with Gasteiger partial charge < -0.3 is 0 Å². The Balaban J connectivity index is 2.21. The van der Waals surface area contributed by atoms with Crippen molar-refractivity contribution in [3.63, 3.8) is 0 Å². The molecular formula is C15H12FN5O2S. The molecule has 122 valence electrons. The smallest absolute Gasteiger partial charge is 0.231 e. The van der Waals surface area contributed by atoms with Gasteiger partial charge in [0.2, 0.25) is 10.0 Å². The summed E-state index contributed by atoms with van der Waals surface area (Å²) < 4.78 is 39.1. The van der Waals surface area contributed by atoms with Crippen molar-refractivity contribution in [2.75, 3.05) is 11.0 Å². The van der Waals surface area contributed by atoms with E-state index in [4.69, 9.17) is 0 Å². The van der Waals surface area contributed by atoms with Crippen LogP contribution in [0.15, 0.2) is 49.2 Å². The average molecular weight is 345 g/mol. The van der Waals surface area contributed by atoms with E-state index in [1.54, 1.807) is 18.3 Å². The number of hydrogen-bond donors (Lipinski definition) is 1. The molecule has 0 fully saturated rings. The van der Waals surface area contributed by atoms with Gasteiger partial charge in [-0.2, -0.15) is 0 Å². The molecule has 3 rings (SSSR count). The van der Waals surface area contributed by atoms with Crippen LogP contribution in [0.25, 0.3) is 22.5 Å². The molecule has 3 aromatic heterocycles. The first-order chi connectivity index (χ1) is 11.4. The van der Waals surface area contributed by atoms with Crippen LogP contribution in [0, 0.1) is 5.82 Å². The standard InChI is InChI=1S/C15H12FN5O2S/c1-24(22,23)21-13-9-19-15(11-4-6-18-8-12(11)16)14(20-13)10-3-2-5-17-7-10/h2-9H,1H3,(H,20,21). The number of nitrogens with one attached hydrogen (secondary N) is 1. The molecule has 0 aliphatic heterocycles. The van der Waals surface area contributed by atoms with Gasteiger partial charge in [-0.15, -0.1) is 0 Å². The molecule has 0 atom stereocenters. The van der Waals surface area contributed by atoms with Crippen LogP contribution in [0.4, 0.5) is 10.2 Å². The lowest BCUT2D eigenvalue weighted by Gasteiger charge is -2.11. The molecular weight excluding hydrogens is 333 g/mol. The topological polar surface area (TPSA) is 97.7 Å². The molecule has 1 N–H and O–H groups in total. The van der Waals surface area contributed by atoms with Gasteiger partial charge in [0.25, 0.3) is 0 Å². The highest BCUT2D eigenvalue weighted by molar-refractivity contribution is 7.92. The Hall–Kier alpha value is -2.94. The molecule has 3 aromatic rings. The quantitative estimate of drug-likeness (QED) is 0.778. The summed E-state index contributed by atoms with van der Waals surface area (Å²) in [5.74, 6) is -0.518. The van der Waals surface area contributed by atoms with Crippen LogP contribution < -0.4 is 4.72 Å². The van der Waals surface area contributed by atoms with Crippen LogP contribution >= 0.6 is 0 Å². The highest BCUT2D eigenvalue weighted by atomic mass is 32.2. The molecule has 0 aromatic carbocycles. The number of halogens is 1. The van der Waals surface area contributed by atoms with Crippen LogP contribution in [-0.4, -0.2) is 34.6 Å². The van der Waals surface area contributed by atoms with E-state index < -0.39 is 15.8 Å². The van der Waals surface area contributed by atoms with E-state index in [1.165, 1.54) is 24.7 Å². The van der Waals surface area contributed by atoms with Crippen molar-refractivity contribution in [3.8, 4) is 22.5 Å². The Morgan fingerprint density at radius 2 is 1.83 bits per heavy atom. The Bertz CT molecular complexity index is 980. The molecule has 0 unspecified atom stereocenters. The van der Waals surface area contributed by atoms with Crippen molar-refractivity contribution in [3.05, 3.63) is 55.0 Å². The molecule has 9 heteroatoms. The molecule has 0 radical (unpaired) electrons. The zero-order valence-corrected chi connectivity index (χ0v) is 13.3. The van der Waals surface area contributed by atoms with E-state index in [0.717, 1.165) is 12.5 Å². The molecule has 0 saturated heterocycles. The predicted octanol–water partition coefficient (Wildman–Crippen LogP) is 2.11. The van der Waals surface area contributed by atoms with E-state index in [0.29, 0.717) is 11.3 Å². The van der Waals surface area contributed by atoms with Gasteiger partial charge in [0.05, 0.1) is 24.3 Å². The summed E-state index contributed by atoms with van der Waals surface area (Å²) in [6.07, 6.45) is 7.88. The normalized spacial score (nSPS) is 11.2. The maximum absolute atomic E-state index is 14.1. The first-order valence-corrected chi connectivity index (χ1v) is 8.68. The number of hydrogen-bond acceptors (Lipinski definition) is 6. The minimum absolute atomic E-state index is 0.0366. The number of rotatable bonds is 4. The van der Waals surface area contributed by atoms with Crippen molar-refractivity contribution >= 4 is 15.8 Å². The third kappa shape index (κ3) is 3.51. The van der Waals surface area contributed by atoms with Crippen LogP contribution in [0.5, 0.6) is 0 Å². The Morgan fingerprint density at radius 1 is 1.04 bits per heavy atom. The molecule has 0 aliphatic rings. The number of nitrogens with zero attached hydrogens (tertiary/aromatic N) is 4. The van der Waals surface area contributed by atoms with Crippen molar-refractivity contribution in [1.29, 1.82) is 0 Å². The van der Waals surface area contributed by atoms with Crippen LogP contribution in [-0.2, 0) is 10.0 Å². The maximum atomic E-state index is 14.1. The molecule has 0 saturated carbocycles. The van der Waals surface area contributed by atoms with E-state index in [-0.39, 0.29) is 17.1 Å². The lowest BCUT2D eigenvalue weighted by molar-refractivity contribution is 0.606. The Morgan fingerprint density at radius 3 is 2.50 bits per heavy atom. The highest BCUT2D eigenvalue weighted by Crippen LogP contribution is 2.30. The van der Waals surface area contributed by atoms with E-state index >= 15 is 0 Å². The zero-order valence-electron chi connectivity index (χ0n) is 12.5. The SMILES string of the molecule is CS(=O)(=O)Nc1cnc(-c2ccncc2F)c(-c2cccnc2)n1. The van der Waals surface area contributed by atoms with E-state index in [1.807, 2.05) is 0 Å².